The number of carbonyl (C=O) groups excluding carboxylic acids is 1. The van der Waals surface area contributed by atoms with Crippen molar-refractivity contribution >= 4 is 29.2 Å². The van der Waals surface area contributed by atoms with E-state index >= 15 is 0 Å². The first-order valence-corrected chi connectivity index (χ1v) is 10.7. The molecule has 1 amide bonds. The van der Waals surface area contributed by atoms with Crippen molar-refractivity contribution in [2.75, 3.05) is 25.0 Å². The van der Waals surface area contributed by atoms with E-state index in [0.717, 1.165) is 11.4 Å². The first-order valence-electron chi connectivity index (χ1n) is 10.7. The van der Waals surface area contributed by atoms with Gasteiger partial charge in [0, 0.05) is 5.69 Å². The van der Waals surface area contributed by atoms with E-state index in [0.29, 0.717) is 43.0 Å². The number of aliphatic imine (C=N–C) groups is 2. The molecule has 3 atom stereocenters. The van der Waals surface area contributed by atoms with Crippen molar-refractivity contribution in [2.45, 2.75) is 37.6 Å². The summed E-state index contributed by atoms with van der Waals surface area (Å²) in [5.74, 6) is -0.848. The molecule has 0 spiro atoms. The second kappa shape index (κ2) is 8.71. The topological polar surface area (TPSA) is 191 Å². The largest absolute Gasteiger partial charge is 0.480 e. The lowest BCUT2D eigenvalue weighted by Crippen LogP contribution is -2.68. The SMILES string of the molecule is CCCC(C(=O)O)N1CC(O)(c2ccc(NCC3=NC4=C(N=C(N)NC4N)NC3)cc2)C1=O. The number of aliphatic hydroxyl groups is 1. The van der Waals surface area contributed by atoms with Crippen LogP contribution in [0.1, 0.15) is 25.3 Å². The van der Waals surface area contributed by atoms with E-state index < -0.39 is 29.7 Å². The number of guanidine groups is 1. The van der Waals surface area contributed by atoms with Crippen LogP contribution in [-0.2, 0) is 15.2 Å². The maximum absolute atomic E-state index is 12.6. The van der Waals surface area contributed by atoms with Crippen molar-refractivity contribution in [1.29, 1.82) is 0 Å². The molecule has 1 saturated heterocycles. The van der Waals surface area contributed by atoms with E-state index in [1.165, 1.54) is 4.90 Å². The highest BCUT2D eigenvalue weighted by Gasteiger charge is 2.55. The number of β-lactam (4-membered cyclic amide) rings is 1. The molecule has 0 radical (unpaired) electrons. The molecule has 3 unspecified atom stereocenters. The number of carbonyl (C=O) groups is 2. The molecule has 1 fully saturated rings. The lowest BCUT2D eigenvalue weighted by molar-refractivity contribution is -0.187. The maximum atomic E-state index is 12.6. The molecule has 1 aromatic rings. The Labute approximate surface area is 190 Å². The fraction of sp³-hybridized carbons (Fsp3) is 0.429. The van der Waals surface area contributed by atoms with E-state index in [1.807, 2.05) is 6.92 Å². The van der Waals surface area contributed by atoms with Gasteiger partial charge in [-0.15, -0.1) is 0 Å². The fourth-order valence-electron chi connectivity index (χ4n) is 4.09. The zero-order chi connectivity index (χ0) is 23.8. The number of aliphatic carboxylic acids is 1. The highest BCUT2D eigenvalue weighted by Crippen LogP contribution is 2.36. The van der Waals surface area contributed by atoms with Crippen LogP contribution in [0, 0.1) is 0 Å². The molecule has 4 rings (SSSR count). The zero-order valence-electron chi connectivity index (χ0n) is 18.2. The van der Waals surface area contributed by atoms with Crippen LogP contribution in [0.4, 0.5) is 5.69 Å². The summed E-state index contributed by atoms with van der Waals surface area (Å²) in [5.41, 5.74) is 12.6. The van der Waals surface area contributed by atoms with Crippen molar-refractivity contribution in [1.82, 2.24) is 15.5 Å². The van der Waals surface area contributed by atoms with Crippen LogP contribution in [0.15, 0.2) is 45.8 Å². The van der Waals surface area contributed by atoms with Gasteiger partial charge >= 0.3 is 5.97 Å². The first kappa shape index (κ1) is 22.6. The average molecular weight is 457 g/mol. The quantitative estimate of drug-likeness (QED) is 0.235. The Morgan fingerprint density at radius 2 is 2.09 bits per heavy atom. The van der Waals surface area contributed by atoms with Crippen LogP contribution in [0.2, 0.25) is 0 Å². The van der Waals surface area contributed by atoms with Gasteiger partial charge in [0.25, 0.3) is 5.91 Å². The van der Waals surface area contributed by atoms with Gasteiger partial charge in [-0.3, -0.25) is 9.79 Å². The van der Waals surface area contributed by atoms with E-state index in [1.54, 1.807) is 24.3 Å². The van der Waals surface area contributed by atoms with Gasteiger partial charge in [0.05, 0.1) is 25.3 Å². The van der Waals surface area contributed by atoms with Gasteiger partial charge in [-0.1, -0.05) is 25.5 Å². The molecule has 12 heteroatoms. The highest BCUT2D eigenvalue weighted by molar-refractivity contribution is 5.96. The third kappa shape index (κ3) is 4.22. The van der Waals surface area contributed by atoms with Crippen LogP contribution in [0.3, 0.4) is 0 Å². The molecule has 0 aromatic heterocycles. The second-order valence-electron chi connectivity index (χ2n) is 8.25. The number of nitrogens with two attached hydrogens (primary N) is 2. The van der Waals surface area contributed by atoms with Crippen LogP contribution in [0.5, 0.6) is 0 Å². The fourth-order valence-corrected chi connectivity index (χ4v) is 4.09. The highest BCUT2D eigenvalue weighted by atomic mass is 16.4. The van der Waals surface area contributed by atoms with E-state index in [4.69, 9.17) is 11.5 Å². The number of nitrogens with one attached hydrogen (secondary N) is 3. The van der Waals surface area contributed by atoms with Crippen molar-refractivity contribution in [3.05, 3.63) is 41.3 Å². The Balaban J connectivity index is 1.38. The van der Waals surface area contributed by atoms with Crippen molar-refractivity contribution in [3.8, 4) is 0 Å². The molecule has 9 N–H and O–H groups in total. The average Bonchev–Trinajstić information content (AvgIpc) is 2.79. The van der Waals surface area contributed by atoms with Crippen LogP contribution in [0.25, 0.3) is 0 Å². The van der Waals surface area contributed by atoms with E-state index in [9.17, 15) is 19.8 Å². The number of carboxylic acids is 1. The number of rotatable bonds is 8. The number of hydrogen-bond donors (Lipinski definition) is 7. The molecule has 0 saturated carbocycles. The molecule has 1 aromatic carbocycles. The van der Waals surface area contributed by atoms with Gasteiger partial charge in [0.15, 0.2) is 17.4 Å². The number of benzene rings is 1. The summed E-state index contributed by atoms with van der Waals surface area (Å²) in [4.78, 5) is 34.0. The number of β-amino-alcohol motifs (C(OH)–C–C–N with tert-alkyl or cyclic N) is 1. The number of hydrogen-bond acceptors (Lipinski definition) is 10. The van der Waals surface area contributed by atoms with E-state index in [2.05, 4.69) is 25.9 Å². The van der Waals surface area contributed by atoms with Gasteiger partial charge in [0.2, 0.25) is 0 Å². The summed E-state index contributed by atoms with van der Waals surface area (Å²) in [6.45, 7) is 2.74. The molecule has 3 aliphatic rings. The van der Waals surface area contributed by atoms with E-state index in [-0.39, 0.29) is 12.5 Å². The van der Waals surface area contributed by atoms with Gasteiger partial charge in [0.1, 0.15) is 17.9 Å². The Kier molecular flexibility index (Phi) is 5.95. The Bertz CT molecular complexity index is 1050. The standard InChI is InChI=1S/C21H28N8O4/c1-2-3-14(18(30)31)29-10-21(33,19(29)32)11-4-6-12(7-5-11)24-8-13-9-25-17-15(26-13)16(22)27-20(23)28-17/h4-7,14,16,24-25,33H,2-3,8-10,22H2,1H3,(H,30,31)(H3,23,27,28). The molecule has 0 bridgehead atoms. The predicted molar refractivity (Wildman–Crippen MR) is 122 cm³/mol. The molecule has 3 heterocycles. The first-order chi connectivity index (χ1) is 15.7. The normalized spacial score (nSPS) is 25.1. The number of amides is 1. The van der Waals surface area contributed by atoms with Gasteiger partial charge < -0.3 is 42.5 Å². The summed E-state index contributed by atoms with van der Waals surface area (Å²) in [6.07, 6.45) is 0.429. The minimum absolute atomic E-state index is 0.0449. The molecule has 176 valence electrons. The third-order valence-electron chi connectivity index (χ3n) is 5.91. The Hall–Kier alpha value is -3.64. The maximum Gasteiger partial charge on any atom is 0.326 e. The molecular weight excluding hydrogens is 428 g/mol. The van der Waals surface area contributed by atoms with Crippen LogP contribution in [-0.4, -0.2) is 70.5 Å². The summed E-state index contributed by atoms with van der Waals surface area (Å²) in [6, 6.07) is 5.91. The van der Waals surface area contributed by atoms with Crippen molar-refractivity contribution in [3.63, 3.8) is 0 Å². The molecule has 12 nitrogen and oxygen atoms in total. The zero-order valence-corrected chi connectivity index (χ0v) is 18.2. The number of likely N-dealkylation sites (tertiary alicyclic amines) is 1. The summed E-state index contributed by atoms with van der Waals surface area (Å²) in [7, 11) is 0. The van der Waals surface area contributed by atoms with Gasteiger partial charge in [-0.2, -0.15) is 4.99 Å². The van der Waals surface area contributed by atoms with Gasteiger partial charge in [-0.25, -0.2) is 4.79 Å². The molecular formula is C21H28N8O4. The Morgan fingerprint density at radius 3 is 2.73 bits per heavy atom. The third-order valence-corrected chi connectivity index (χ3v) is 5.91. The smallest absolute Gasteiger partial charge is 0.326 e. The summed E-state index contributed by atoms with van der Waals surface area (Å²) >= 11 is 0. The van der Waals surface area contributed by atoms with Gasteiger partial charge in [-0.05, 0) is 24.1 Å². The van der Waals surface area contributed by atoms with Crippen molar-refractivity contribution in [2.24, 2.45) is 21.5 Å². The summed E-state index contributed by atoms with van der Waals surface area (Å²) < 4.78 is 0. The monoisotopic (exact) mass is 456 g/mol. The van der Waals surface area contributed by atoms with Crippen LogP contribution < -0.4 is 27.4 Å². The minimum atomic E-state index is -1.70. The second-order valence-corrected chi connectivity index (χ2v) is 8.25. The lowest BCUT2D eigenvalue weighted by Gasteiger charge is -2.47. The number of carboxylic acid groups (broad SMARTS) is 1. The molecule has 0 aliphatic carbocycles. The summed E-state index contributed by atoms with van der Waals surface area (Å²) in [5, 5.41) is 29.4. The Morgan fingerprint density at radius 1 is 1.36 bits per heavy atom. The minimum Gasteiger partial charge on any atom is -0.480 e. The predicted octanol–water partition coefficient (Wildman–Crippen LogP) is -1.20. The molecule has 33 heavy (non-hydrogen) atoms. The molecule has 3 aliphatic heterocycles. The number of nitrogens with zero attached hydrogens (tertiary/aromatic N) is 3. The van der Waals surface area contributed by atoms with Crippen LogP contribution >= 0.6 is 0 Å². The number of anilines is 1. The lowest BCUT2D eigenvalue weighted by atomic mass is 9.83. The van der Waals surface area contributed by atoms with Crippen molar-refractivity contribution < 1.29 is 19.8 Å².